The van der Waals surface area contributed by atoms with E-state index in [0.29, 0.717) is 13.0 Å². The summed E-state index contributed by atoms with van der Waals surface area (Å²) in [6, 6.07) is 5.70. The monoisotopic (exact) mass is 259 g/mol. The van der Waals surface area contributed by atoms with Crippen LogP contribution in [0.25, 0.3) is 11.0 Å². The van der Waals surface area contributed by atoms with Gasteiger partial charge in [-0.1, -0.05) is 12.1 Å². The Kier molecular flexibility index (Phi) is 2.78. The van der Waals surface area contributed by atoms with Crippen molar-refractivity contribution in [3.05, 3.63) is 34.2 Å². The third kappa shape index (κ3) is 1.90. The molecule has 0 saturated heterocycles. The molecule has 3 rings (SSSR count). The molecule has 1 atom stereocenters. The molecule has 19 heavy (non-hydrogen) atoms. The number of H-pyrrole nitrogens is 1. The molecule has 1 aromatic heterocycles. The molecule has 2 aromatic rings. The fourth-order valence-corrected chi connectivity index (χ4v) is 2.69. The van der Waals surface area contributed by atoms with Gasteiger partial charge in [0.1, 0.15) is 6.10 Å². The van der Waals surface area contributed by atoms with Gasteiger partial charge in [-0.2, -0.15) is 0 Å². The van der Waals surface area contributed by atoms with Crippen molar-refractivity contribution in [2.75, 3.05) is 0 Å². The smallest absolute Gasteiger partial charge is 0.326 e. The molecular weight excluding hydrogens is 242 g/mol. The minimum atomic E-state index is -0.727. The van der Waals surface area contributed by atoms with Crippen molar-refractivity contribution in [2.24, 2.45) is 4.99 Å². The normalized spacial score (nSPS) is 21.3. The van der Waals surface area contributed by atoms with Crippen LogP contribution in [0.15, 0.2) is 28.0 Å². The van der Waals surface area contributed by atoms with E-state index in [1.54, 1.807) is 4.57 Å². The summed E-state index contributed by atoms with van der Waals surface area (Å²) < 4.78 is 1.69. The van der Waals surface area contributed by atoms with E-state index in [1.807, 2.05) is 32.0 Å². The second-order valence-corrected chi connectivity index (χ2v) is 5.19. The van der Waals surface area contributed by atoms with Crippen molar-refractivity contribution in [1.82, 2.24) is 9.55 Å². The number of nitrogens with zero attached hydrogens (tertiary/aromatic N) is 2. The van der Waals surface area contributed by atoms with Gasteiger partial charge in [-0.05, 0) is 19.9 Å². The van der Waals surface area contributed by atoms with Gasteiger partial charge >= 0.3 is 5.69 Å². The lowest BCUT2D eigenvalue weighted by atomic mass is 10.0. The summed E-state index contributed by atoms with van der Waals surface area (Å²) in [5.74, 6) is 0. The molecule has 0 bridgehead atoms. The number of aryl methyl sites for hydroxylation is 1. The first kappa shape index (κ1) is 12.2. The Morgan fingerprint density at radius 1 is 1.47 bits per heavy atom. The van der Waals surface area contributed by atoms with Crippen molar-refractivity contribution in [1.29, 1.82) is 0 Å². The number of hydrogen-bond donors (Lipinski definition) is 2. The molecule has 5 nitrogen and oxygen atoms in total. The number of nitrogens with one attached hydrogen (secondary N) is 1. The highest BCUT2D eigenvalue weighted by Gasteiger charge is 2.24. The van der Waals surface area contributed by atoms with E-state index in [0.717, 1.165) is 22.3 Å². The second-order valence-electron chi connectivity index (χ2n) is 5.19. The Balaban J connectivity index is 2.25. The van der Waals surface area contributed by atoms with Crippen LogP contribution in [-0.4, -0.2) is 26.4 Å². The molecule has 0 fully saturated rings. The van der Waals surface area contributed by atoms with Crippen LogP contribution in [0.1, 0.15) is 31.9 Å². The van der Waals surface area contributed by atoms with E-state index in [4.69, 9.17) is 0 Å². The Labute approximate surface area is 110 Å². The Hall–Kier alpha value is -1.88. The lowest BCUT2D eigenvalue weighted by Gasteiger charge is -2.13. The van der Waals surface area contributed by atoms with Crippen molar-refractivity contribution in [3.63, 3.8) is 0 Å². The number of aliphatic hydroxyl groups excluding tert-OH is 1. The summed E-state index contributed by atoms with van der Waals surface area (Å²) in [5, 5.41) is 10.5. The largest absolute Gasteiger partial charge is 0.382 e. The van der Waals surface area contributed by atoms with Gasteiger partial charge in [0.15, 0.2) is 0 Å². The fraction of sp³-hybridized carbons (Fsp3) is 0.429. The number of imidazole rings is 1. The summed E-state index contributed by atoms with van der Waals surface area (Å²) in [5.41, 5.74) is 2.96. The van der Waals surface area contributed by atoms with Crippen LogP contribution >= 0.6 is 0 Å². The molecule has 0 radical (unpaired) electrons. The van der Waals surface area contributed by atoms with Crippen LogP contribution in [0.4, 0.5) is 0 Å². The van der Waals surface area contributed by atoms with Crippen molar-refractivity contribution in [2.45, 2.75) is 39.0 Å². The van der Waals surface area contributed by atoms with Gasteiger partial charge in [0.05, 0.1) is 11.0 Å². The number of aliphatic hydroxyl groups is 1. The zero-order valence-corrected chi connectivity index (χ0v) is 11.1. The maximum absolute atomic E-state index is 11.9. The third-order valence-corrected chi connectivity index (χ3v) is 3.45. The van der Waals surface area contributed by atoms with Crippen LogP contribution in [0.5, 0.6) is 0 Å². The Bertz CT molecular complexity index is 709. The molecule has 0 spiro atoms. The maximum Gasteiger partial charge on any atom is 0.326 e. The average molecular weight is 259 g/mol. The molecule has 1 aliphatic heterocycles. The number of hydrogen-bond acceptors (Lipinski definition) is 3. The van der Waals surface area contributed by atoms with Crippen LogP contribution in [0, 0.1) is 0 Å². The zero-order valence-electron chi connectivity index (χ0n) is 11.1. The highest BCUT2D eigenvalue weighted by Crippen LogP contribution is 2.28. The number of para-hydroxylation sites is 1. The van der Waals surface area contributed by atoms with Crippen molar-refractivity contribution in [3.8, 4) is 0 Å². The van der Waals surface area contributed by atoms with Gasteiger partial charge < -0.3 is 10.1 Å². The van der Waals surface area contributed by atoms with Crippen LogP contribution in [0.3, 0.4) is 0 Å². The first-order valence-corrected chi connectivity index (χ1v) is 6.54. The topological polar surface area (TPSA) is 70.4 Å². The molecule has 5 heteroatoms. The highest BCUT2D eigenvalue weighted by atomic mass is 16.3. The molecule has 0 saturated carbocycles. The van der Waals surface area contributed by atoms with Gasteiger partial charge in [0.25, 0.3) is 0 Å². The summed E-state index contributed by atoms with van der Waals surface area (Å²) >= 11 is 0. The average Bonchev–Trinajstić information content (AvgIpc) is 2.61. The molecule has 1 aromatic carbocycles. The van der Waals surface area contributed by atoms with Gasteiger partial charge in [-0.3, -0.25) is 9.56 Å². The second kappa shape index (κ2) is 4.35. The van der Waals surface area contributed by atoms with Crippen molar-refractivity contribution < 1.29 is 5.11 Å². The highest BCUT2D eigenvalue weighted by molar-refractivity contribution is 5.94. The SMILES string of the molecule is CC(C)N=C1CCn2c(=O)[nH]c3cccc(c32)C1O. The molecule has 100 valence electrons. The number of rotatable bonds is 1. The lowest BCUT2D eigenvalue weighted by molar-refractivity contribution is 0.246. The molecule has 2 heterocycles. The number of aromatic amines is 1. The van der Waals surface area contributed by atoms with E-state index < -0.39 is 6.10 Å². The first-order valence-electron chi connectivity index (χ1n) is 6.54. The van der Waals surface area contributed by atoms with E-state index in [-0.39, 0.29) is 11.7 Å². The zero-order chi connectivity index (χ0) is 13.6. The Morgan fingerprint density at radius 3 is 3.00 bits per heavy atom. The number of aromatic nitrogens is 2. The quantitative estimate of drug-likeness (QED) is 0.817. The van der Waals surface area contributed by atoms with Crippen LogP contribution in [-0.2, 0) is 6.54 Å². The van der Waals surface area contributed by atoms with E-state index in [2.05, 4.69) is 9.98 Å². The van der Waals surface area contributed by atoms with Crippen LogP contribution in [0.2, 0.25) is 0 Å². The maximum atomic E-state index is 11.9. The lowest BCUT2D eigenvalue weighted by Crippen LogP contribution is -2.18. The minimum absolute atomic E-state index is 0.125. The molecule has 0 aliphatic carbocycles. The standard InChI is InChI=1S/C14H17N3O2/c1-8(2)15-11-6-7-17-12-9(13(11)18)4-3-5-10(12)16-14(17)19/h3-5,8,13,18H,6-7H2,1-2H3,(H,16,19). The van der Waals surface area contributed by atoms with Gasteiger partial charge in [0, 0.05) is 30.3 Å². The molecule has 1 unspecified atom stereocenters. The van der Waals surface area contributed by atoms with Crippen molar-refractivity contribution >= 4 is 16.7 Å². The predicted molar refractivity (Wildman–Crippen MR) is 74.7 cm³/mol. The van der Waals surface area contributed by atoms with Gasteiger partial charge in [-0.15, -0.1) is 0 Å². The first-order chi connectivity index (χ1) is 9.08. The minimum Gasteiger partial charge on any atom is -0.382 e. The van der Waals surface area contributed by atoms with E-state index in [9.17, 15) is 9.90 Å². The predicted octanol–water partition coefficient (Wildman–Crippen LogP) is 1.62. The van der Waals surface area contributed by atoms with Crippen LogP contribution < -0.4 is 5.69 Å². The summed E-state index contributed by atoms with van der Waals surface area (Å²) in [6.45, 7) is 4.52. The summed E-state index contributed by atoms with van der Waals surface area (Å²) in [4.78, 5) is 19.2. The molecule has 0 amide bonds. The third-order valence-electron chi connectivity index (χ3n) is 3.45. The Morgan fingerprint density at radius 2 is 2.26 bits per heavy atom. The van der Waals surface area contributed by atoms with E-state index >= 15 is 0 Å². The molecule has 1 aliphatic rings. The van der Waals surface area contributed by atoms with Gasteiger partial charge in [0.2, 0.25) is 0 Å². The number of aliphatic imine (C=N–C) groups is 1. The molecular formula is C14H17N3O2. The van der Waals surface area contributed by atoms with Gasteiger partial charge in [-0.25, -0.2) is 4.79 Å². The fourth-order valence-electron chi connectivity index (χ4n) is 2.69. The molecule has 2 N–H and O–H groups in total. The summed E-state index contributed by atoms with van der Waals surface area (Å²) in [7, 11) is 0. The van der Waals surface area contributed by atoms with E-state index in [1.165, 1.54) is 0 Å². The summed E-state index contributed by atoms with van der Waals surface area (Å²) in [6.07, 6.45) is -0.129. The number of benzene rings is 1.